The van der Waals surface area contributed by atoms with Gasteiger partial charge < -0.3 is 5.32 Å². The Bertz CT molecular complexity index is 677. The summed E-state index contributed by atoms with van der Waals surface area (Å²) < 4.78 is 0. The van der Waals surface area contributed by atoms with Crippen LogP contribution in [0, 0.1) is 0 Å². The summed E-state index contributed by atoms with van der Waals surface area (Å²) in [5.74, 6) is -0.129. The van der Waals surface area contributed by atoms with Crippen molar-refractivity contribution >= 4 is 17.5 Å². The minimum atomic E-state index is -0.129. The Morgan fingerprint density at radius 3 is 2.87 bits per heavy atom. The van der Waals surface area contributed by atoms with E-state index in [1.54, 1.807) is 12.3 Å². The molecular weight excluding hydrogens is 310 g/mol. The standard InChI is InChI=1S/C18H20ClN3O/c1-13-9-15(12-22(13)11-14-5-3-2-4-6-14)21-18(23)16-7-8-20-10-17(16)19/h2-8,10,13,15H,9,11-12H2,1H3,(H,21,23)/t13-,15+/m1/s1. The van der Waals surface area contributed by atoms with Gasteiger partial charge >= 0.3 is 0 Å². The highest BCUT2D eigenvalue weighted by atomic mass is 35.5. The molecule has 23 heavy (non-hydrogen) atoms. The molecule has 0 bridgehead atoms. The van der Waals surface area contributed by atoms with Gasteiger partial charge in [0.2, 0.25) is 0 Å². The minimum Gasteiger partial charge on any atom is -0.348 e. The largest absolute Gasteiger partial charge is 0.348 e. The second-order valence-corrected chi connectivity index (χ2v) is 6.43. The van der Waals surface area contributed by atoms with E-state index < -0.39 is 0 Å². The molecule has 3 rings (SSSR count). The number of carbonyl (C=O) groups is 1. The van der Waals surface area contributed by atoms with Gasteiger partial charge in [0.1, 0.15) is 0 Å². The van der Waals surface area contributed by atoms with E-state index in [2.05, 4.69) is 46.4 Å². The van der Waals surface area contributed by atoms with Crippen molar-refractivity contribution < 1.29 is 4.79 Å². The number of rotatable bonds is 4. The average Bonchev–Trinajstić information content (AvgIpc) is 2.88. The number of hydrogen-bond donors (Lipinski definition) is 1. The maximum absolute atomic E-state index is 12.4. The molecule has 2 heterocycles. The van der Waals surface area contributed by atoms with Gasteiger partial charge in [0.15, 0.2) is 0 Å². The van der Waals surface area contributed by atoms with Gasteiger partial charge in [0.05, 0.1) is 10.6 Å². The van der Waals surface area contributed by atoms with Crippen LogP contribution in [0.5, 0.6) is 0 Å². The second kappa shape index (κ2) is 7.11. The third-order valence-electron chi connectivity index (χ3n) is 4.28. The molecule has 1 aromatic carbocycles. The number of nitrogens with zero attached hydrogens (tertiary/aromatic N) is 2. The number of hydrogen-bond acceptors (Lipinski definition) is 3. The van der Waals surface area contributed by atoms with Crippen molar-refractivity contribution in [3.63, 3.8) is 0 Å². The van der Waals surface area contributed by atoms with Crippen LogP contribution < -0.4 is 5.32 Å². The Labute approximate surface area is 141 Å². The van der Waals surface area contributed by atoms with E-state index >= 15 is 0 Å². The summed E-state index contributed by atoms with van der Waals surface area (Å²) in [6.45, 7) is 3.96. The van der Waals surface area contributed by atoms with Crippen molar-refractivity contribution in [2.24, 2.45) is 0 Å². The maximum atomic E-state index is 12.4. The van der Waals surface area contributed by atoms with Crippen LogP contribution in [-0.4, -0.2) is 34.4 Å². The first kappa shape index (κ1) is 16.0. The van der Waals surface area contributed by atoms with Crippen LogP contribution in [-0.2, 0) is 6.54 Å². The van der Waals surface area contributed by atoms with Gasteiger partial charge in [-0.3, -0.25) is 14.7 Å². The fourth-order valence-corrected chi connectivity index (χ4v) is 3.27. The number of nitrogens with one attached hydrogen (secondary N) is 1. The Morgan fingerprint density at radius 1 is 1.35 bits per heavy atom. The second-order valence-electron chi connectivity index (χ2n) is 6.03. The van der Waals surface area contributed by atoms with E-state index in [0.29, 0.717) is 16.6 Å². The maximum Gasteiger partial charge on any atom is 0.253 e. The van der Waals surface area contributed by atoms with Crippen molar-refractivity contribution in [1.82, 2.24) is 15.2 Å². The van der Waals surface area contributed by atoms with E-state index in [1.807, 2.05) is 6.07 Å². The summed E-state index contributed by atoms with van der Waals surface area (Å²) >= 11 is 6.04. The first-order chi connectivity index (χ1) is 11.1. The van der Waals surface area contributed by atoms with Gasteiger partial charge in [-0.25, -0.2) is 0 Å². The molecule has 4 nitrogen and oxygen atoms in total. The molecule has 2 aromatic rings. The number of carbonyl (C=O) groups excluding carboxylic acids is 1. The van der Waals surface area contributed by atoms with Crippen LogP contribution in [0.3, 0.4) is 0 Å². The van der Waals surface area contributed by atoms with E-state index in [0.717, 1.165) is 19.5 Å². The first-order valence-corrected chi connectivity index (χ1v) is 8.19. The molecule has 0 unspecified atom stereocenters. The normalized spacial score (nSPS) is 21.3. The van der Waals surface area contributed by atoms with Crippen molar-refractivity contribution in [2.45, 2.75) is 32.0 Å². The van der Waals surface area contributed by atoms with E-state index in [9.17, 15) is 4.79 Å². The Kier molecular flexibility index (Phi) is 4.94. The first-order valence-electron chi connectivity index (χ1n) is 7.82. The molecule has 1 N–H and O–H groups in total. The molecule has 0 saturated carbocycles. The van der Waals surface area contributed by atoms with Crippen molar-refractivity contribution in [3.05, 3.63) is 64.9 Å². The molecule has 1 amide bonds. The Morgan fingerprint density at radius 2 is 2.13 bits per heavy atom. The molecule has 1 aromatic heterocycles. The molecule has 0 aliphatic carbocycles. The molecule has 1 fully saturated rings. The quantitative estimate of drug-likeness (QED) is 0.937. The van der Waals surface area contributed by atoms with Crippen LogP contribution in [0.25, 0.3) is 0 Å². The summed E-state index contributed by atoms with van der Waals surface area (Å²) in [4.78, 5) is 18.7. The molecule has 0 spiro atoms. The Balaban J connectivity index is 1.60. The average molecular weight is 330 g/mol. The molecular formula is C18H20ClN3O. The number of amides is 1. The van der Waals surface area contributed by atoms with Crippen LogP contribution in [0.4, 0.5) is 0 Å². The van der Waals surface area contributed by atoms with E-state index in [1.165, 1.54) is 11.8 Å². The van der Waals surface area contributed by atoms with Gasteiger partial charge in [0, 0.05) is 37.6 Å². The summed E-state index contributed by atoms with van der Waals surface area (Å²) in [5.41, 5.74) is 1.78. The van der Waals surface area contributed by atoms with E-state index in [4.69, 9.17) is 11.6 Å². The smallest absolute Gasteiger partial charge is 0.253 e. The monoisotopic (exact) mass is 329 g/mol. The van der Waals surface area contributed by atoms with E-state index in [-0.39, 0.29) is 11.9 Å². The number of benzene rings is 1. The van der Waals surface area contributed by atoms with Crippen molar-refractivity contribution in [3.8, 4) is 0 Å². The lowest BCUT2D eigenvalue weighted by Crippen LogP contribution is -2.37. The highest BCUT2D eigenvalue weighted by molar-refractivity contribution is 6.33. The van der Waals surface area contributed by atoms with Gasteiger partial charge in [-0.2, -0.15) is 0 Å². The van der Waals surface area contributed by atoms with Crippen LogP contribution in [0.2, 0.25) is 5.02 Å². The number of likely N-dealkylation sites (tertiary alicyclic amines) is 1. The van der Waals surface area contributed by atoms with Crippen LogP contribution >= 0.6 is 11.6 Å². The third-order valence-corrected chi connectivity index (χ3v) is 4.59. The summed E-state index contributed by atoms with van der Waals surface area (Å²) in [7, 11) is 0. The van der Waals surface area contributed by atoms with Crippen molar-refractivity contribution in [2.75, 3.05) is 6.54 Å². The lowest BCUT2D eigenvalue weighted by Gasteiger charge is -2.20. The molecule has 0 radical (unpaired) electrons. The van der Waals surface area contributed by atoms with Gasteiger partial charge in [-0.1, -0.05) is 41.9 Å². The summed E-state index contributed by atoms with van der Waals surface area (Å²) in [6, 6.07) is 12.6. The number of pyridine rings is 1. The lowest BCUT2D eigenvalue weighted by atomic mass is 10.1. The molecule has 1 aliphatic rings. The predicted octanol–water partition coefficient (Wildman–Crippen LogP) is 3.13. The predicted molar refractivity (Wildman–Crippen MR) is 91.4 cm³/mol. The van der Waals surface area contributed by atoms with Crippen LogP contribution in [0.1, 0.15) is 29.3 Å². The van der Waals surface area contributed by atoms with Crippen molar-refractivity contribution in [1.29, 1.82) is 0 Å². The SMILES string of the molecule is C[C@@H]1C[C@H](NC(=O)c2ccncc2Cl)CN1Cc1ccccc1. The highest BCUT2D eigenvalue weighted by Gasteiger charge is 2.30. The minimum absolute atomic E-state index is 0.129. The Hall–Kier alpha value is -1.91. The van der Waals surface area contributed by atoms with Crippen LogP contribution in [0.15, 0.2) is 48.8 Å². The molecule has 5 heteroatoms. The molecule has 1 aliphatic heterocycles. The number of halogens is 1. The molecule has 120 valence electrons. The fraction of sp³-hybridized carbons (Fsp3) is 0.333. The lowest BCUT2D eigenvalue weighted by molar-refractivity contribution is 0.0937. The molecule has 1 saturated heterocycles. The van der Waals surface area contributed by atoms with Gasteiger partial charge in [-0.05, 0) is 25.0 Å². The number of aromatic nitrogens is 1. The summed E-state index contributed by atoms with van der Waals surface area (Å²) in [5, 5.41) is 3.48. The van der Waals surface area contributed by atoms with Gasteiger partial charge in [0.25, 0.3) is 5.91 Å². The topological polar surface area (TPSA) is 45.2 Å². The summed E-state index contributed by atoms with van der Waals surface area (Å²) in [6.07, 6.45) is 4.02. The zero-order valence-corrected chi connectivity index (χ0v) is 13.8. The molecule has 2 atom stereocenters. The fourth-order valence-electron chi connectivity index (χ4n) is 3.06. The third kappa shape index (κ3) is 3.89. The zero-order chi connectivity index (χ0) is 16.2. The van der Waals surface area contributed by atoms with Gasteiger partial charge in [-0.15, -0.1) is 0 Å². The zero-order valence-electron chi connectivity index (χ0n) is 13.1. The highest BCUT2D eigenvalue weighted by Crippen LogP contribution is 2.21.